The number of aliphatic hydroxyl groups is 1. The molecule has 0 aromatic heterocycles. The van der Waals surface area contributed by atoms with Gasteiger partial charge in [-0.15, -0.1) is 0 Å². The van der Waals surface area contributed by atoms with Crippen LogP contribution in [-0.2, 0) is 0 Å². The highest BCUT2D eigenvalue weighted by molar-refractivity contribution is 5.74. The van der Waals surface area contributed by atoms with Crippen LogP contribution in [0.4, 0.5) is 4.79 Å². The van der Waals surface area contributed by atoms with E-state index in [1.165, 1.54) is 12.8 Å². The van der Waals surface area contributed by atoms with Crippen LogP contribution in [-0.4, -0.2) is 53.9 Å². The molecule has 2 fully saturated rings. The molecule has 1 aliphatic heterocycles. The zero-order chi connectivity index (χ0) is 15.5. The zero-order valence-electron chi connectivity index (χ0n) is 13.7. The molecule has 3 N–H and O–H groups in total. The van der Waals surface area contributed by atoms with E-state index in [1.807, 2.05) is 6.92 Å². The van der Waals surface area contributed by atoms with Gasteiger partial charge in [0, 0.05) is 12.6 Å². The average Bonchev–Trinajstić information content (AvgIpc) is 3.30. The molecule has 2 amide bonds. The molecule has 122 valence electrons. The lowest BCUT2D eigenvalue weighted by atomic mass is 9.97. The summed E-state index contributed by atoms with van der Waals surface area (Å²) in [5.74, 6) is 1.25. The molecule has 0 aromatic carbocycles. The Hall–Kier alpha value is -0.810. The quantitative estimate of drug-likeness (QED) is 0.697. The van der Waals surface area contributed by atoms with Crippen LogP contribution in [0.5, 0.6) is 0 Å². The van der Waals surface area contributed by atoms with E-state index < -0.39 is 5.54 Å². The summed E-state index contributed by atoms with van der Waals surface area (Å²) in [6.45, 7) is 9.32. The maximum atomic E-state index is 12.0. The fourth-order valence-electron chi connectivity index (χ4n) is 3.13. The maximum Gasteiger partial charge on any atom is 0.315 e. The summed E-state index contributed by atoms with van der Waals surface area (Å²) in [4.78, 5) is 14.5. The van der Waals surface area contributed by atoms with Crippen molar-refractivity contribution in [1.29, 1.82) is 0 Å². The molecule has 1 saturated heterocycles. The van der Waals surface area contributed by atoms with Gasteiger partial charge in [0.05, 0.1) is 12.1 Å². The number of aliphatic hydroxyl groups excluding tert-OH is 1. The molecule has 1 heterocycles. The molecular weight excluding hydrogens is 266 g/mol. The van der Waals surface area contributed by atoms with Crippen LogP contribution >= 0.6 is 0 Å². The summed E-state index contributed by atoms with van der Waals surface area (Å²) in [7, 11) is 0. The molecule has 2 rings (SSSR count). The van der Waals surface area contributed by atoms with Gasteiger partial charge in [-0.2, -0.15) is 0 Å². The number of carbonyl (C=O) groups is 1. The van der Waals surface area contributed by atoms with Gasteiger partial charge in [0.1, 0.15) is 0 Å². The highest BCUT2D eigenvalue weighted by atomic mass is 16.3. The van der Waals surface area contributed by atoms with Crippen LogP contribution in [0.3, 0.4) is 0 Å². The van der Waals surface area contributed by atoms with E-state index in [-0.39, 0.29) is 12.6 Å². The van der Waals surface area contributed by atoms with E-state index in [9.17, 15) is 9.90 Å². The Kier molecular flexibility index (Phi) is 5.49. The SMILES string of the molecule is CC1CCN(C(C)CNC(=O)NC(C)(CO)C2CC2)CC1. The van der Waals surface area contributed by atoms with E-state index in [0.29, 0.717) is 18.5 Å². The number of piperidine rings is 1. The van der Waals surface area contributed by atoms with Crippen molar-refractivity contribution in [2.75, 3.05) is 26.2 Å². The second-order valence-corrected chi connectivity index (χ2v) is 7.25. The van der Waals surface area contributed by atoms with Gasteiger partial charge >= 0.3 is 6.03 Å². The van der Waals surface area contributed by atoms with Crippen molar-refractivity contribution < 1.29 is 9.90 Å². The minimum Gasteiger partial charge on any atom is -0.394 e. The largest absolute Gasteiger partial charge is 0.394 e. The number of hydrogen-bond donors (Lipinski definition) is 3. The van der Waals surface area contributed by atoms with Gasteiger partial charge in [-0.05, 0) is 64.5 Å². The molecule has 2 unspecified atom stereocenters. The summed E-state index contributed by atoms with van der Waals surface area (Å²) in [6, 6.07) is 0.209. The van der Waals surface area contributed by atoms with Gasteiger partial charge in [-0.1, -0.05) is 6.92 Å². The lowest BCUT2D eigenvalue weighted by Gasteiger charge is -2.35. The minimum atomic E-state index is -0.464. The van der Waals surface area contributed by atoms with Gasteiger partial charge < -0.3 is 15.7 Å². The molecular formula is C16H31N3O2. The monoisotopic (exact) mass is 297 g/mol. The fraction of sp³-hybridized carbons (Fsp3) is 0.938. The summed E-state index contributed by atoms with van der Waals surface area (Å²) in [6.07, 6.45) is 4.70. The Labute approximate surface area is 128 Å². The third-order valence-electron chi connectivity index (χ3n) is 5.21. The number of urea groups is 1. The Morgan fingerprint density at radius 3 is 2.48 bits per heavy atom. The van der Waals surface area contributed by atoms with Crippen molar-refractivity contribution in [2.45, 2.75) is 58.0 Å². The summed E-state index contributed by atoms with van der Waals surface area (Å²) in [5, 5.41) is 15.4. The van der Waals surface area contributed by atoms with Crippen LogP contribution in [0.1, 0.15) is 46.5 Å². The van der Waals surface area contributed by atoms with Crippen LogP contribution in [0.15, 0.2) is 0 Å². The molecule has 1 aliphatic carbocycles. The third kappa shape index (κ3) is 4.58. The van der Waals surface area contributed by atoms with Gasteiger partial charge in [0.25, 0.3) is 0 Å². The second kappa shape index (κ2) is 6.97. The molecule has 2 aliphatic rings. The first-order valence-electron chi connectivity index (χ1n) is 8.35. The number of carbonyl (C=O) groups excluding carboxylic acids is 1. The number of hydrogen-bond acceptors (Lipinski definition) is 3. The van der Waals surface area contributed by atoms with Crippen molar-refractivity contribution >= 4 is 6.03 Å². The molecule has 2 atom stereocenters. The lowest BCUT2D eigenvalue weighted by Crippen LogP contribution is -2.55. The number of rotatable bonds is 6. The topological polar surface area (TPSA) is 64.6 Å². The minimum absolute atomic E-state index is 0.00462. The van der Waals surface area contributed by atoms with Gasteiger partial charge in [-0.25, -0.2) is 4.79 Å². The van der Waals surface area contributed by atoms with Crippen molar-refractivity contribution in [3.05, 3.63) is 0 Å². The normalized spacial score (nSPS) is 25.1. The smallest absolute Gasteiger partial charge is 0.315 e. The van der Waals surface area contributed by atoms with E-state index in [2.05, 4.69) is 29.4 Å². The number of nitrogens with zero attached hydrogens (tertiary/aromatic N) is 1. The van der Waals surface area contributed by atoms with Gasteiger partial charge in [0.2, 0.25) is 0 Å². The van der Waals surface area contributed by atoms with E-state index >= 15 is 0 Å². The van der Waals surface area contributed by atoms with Crippen LogP contribution < -0.4 is 10.6 Å². The van der Waals surface area contributed by atoms with E-state index in [4.69, 9.17) is 0 Å². The lowest BCUT2D eigenvalue weighted by molar-refractivity contribution is 0.139. The fourth-order valence-corrected chi connectivity index (χ4v) is 3.13. The maximum absolute atomic E-state index is 12.0. The average molecular weight is 297 g/mol. The Balaban J connectivity index is 1.70. The highest BCUT2D eigenvalue weighted by Gasteiger charge is 2.42. The van der Waals surface area contributed by atoms with Crippen molar-refractivity contribution in [3.8, 4) is 0 Å². The first-order chi connectivity index (χ1) is 9.94. The van der Waals surface area contributed by atoms with Crippen molar-refractivity contribution in [1.82, 2.24) is 15.5 Å². The molecule has 21 heavy (non-hydrogen) atoms. The Morgan fingerprint density at radius 2 is 1.95 bits per heavy atom. The predicted molar refractivity (Wildman–Crippen MR) is 84.2 cm³/mol. The Morgan fingerprint density at radius 1 is 1.33 bits per heavy atom. The third-order valence-corrected chi connectivity index (χ3v) is 5.21. The molecule has 1 saturated carbocycles. The van der Waals surface area contributed by atoms with Gasteiger partial charge in [-0.3, -0.25) is 4.90 Å². The Bertz CT molecular complexity index is 351. The van der Waals surface area contributed by atoms with Crippen molar-refractivity contribution in [2.24, 2.45) is 11.8 Å². The van der Waals surface area contributed by atoms with Crippen LogP contribution in [0, 0.1) is 11.8 Å². The molecule has 0 aromatic rings. The van der Waals surface area contributed by atoms with Crippen LogP contribution in [0.2, 0.25) is 0 Å². The number of nitrogens with one attached hydrogen (secondary N) is 2. The standard InChI is InChI=1S/C16H31N3O2/c1-12-6-8-19(9-7-12)13(2)10-17-15(21)18-16(3,11-20)14-4-5-14/h12-14,20H,4-11H2,1-3H3,(H2,17,18,21). The highest BCUT2D eigenvalue weighted by Crippen LogP contribution is 2.39. The second-order valence-electron chi connectivity index (χ2n) is 7.25. The van der Waals surface area contributed by atoms with E-state index in [1.54, 1.807) is 0 Å². The zero-order valence-corrected chi connectivity index (χ0v) is 13.7. The summed E-state index contributed by atoms with van der Waals surface area (Å²) in [5.41, 5.74) is -0.464. The predicted octanol–water partition coefficient (Wildman–Crippen LogP) is 1.57. The summed E-state index contributed by atoms with van der Waals surface area (Å²) < 4.78 is 0. The molecule has 5 heteroatoms. The van der Waals surface area contributed by atoms with Crippen LogP contribution in [0.25, 0.3) is 0 Å². The molecule has 5 nitrogen and oxygen atoms in total. The summed E-state index contributed by atoms with van der Waals surface area (Å²) >= 11 is 0. The van der Waals surface area contributed by atoms with Crippen molar-refractivity contribution in [3.63, 3.8) is 0 Å². The number of likely N-dealkylation sites (tertiary alicyclic amines) is 1. The molecule has 0 spiro atoms. The number of amides is 2. The first-order valence-corrected chi connectivity index (χ1v) is 8.35. The molecule has 0 radical (unpaired) electrons. The van der Waals surface area contributed by atoms with Gasteiger partial charge in [0.15, 0.2) is 0 Å². The van der Waals surface area contributed by atoms with E-state index in [0.717, 1.165) is 31.8 Å². The molecule has 0 bridgehead atoms. The first kappa shape index (κ1) is 16.6.